The van der Waals surface area contributed by atoms with Gasteiger partial charge in [0.05, 0.1) is 16.8 Å². The average Bonchev–Trinajstić information content (AvgIpc) is 3.17. The molecular weight excluding hydrogens is 284 g/mol. The molecule has 7 nitrogen and oxygen atoms in total. The molecule has 1 aliphatic rings. The summed E-state index contributed by atoms with van der Waals surface area (Å²) in [7, 11) is 0. The standard InChI is InChI=1S/C15H16N4O3/c1-10-6-12(4-5-14(10)19(21)22)15(20)17-13-7-16-18(9-13)8-11-2-3-11/h4-7,9,11H,2-3,8H2,1H3,(H,17,20). The molecule has 1 amide bonds. The van der Waals surface area contributed by atoms with E-state index in [-0.39, 0.29) is 11.6 Å². The highest BCUT2D eigenvalue weighted by Gasteiger charge is 2.22. The molecule has 114 valence electrons. The number of nitrogens with one attached hydrogen (secondary N) is 1. The monoisotopic (exact) mass is 300 g/mol. The first kappa shape index (κ1) is 14.2. The zero-order valence-corrected chi connectivity index (χ0v) is 12.2. The lowest BCUT2D eigenvalue weighted by Crippen LogP contribution is -2.12. The lowest BCUT2D eigenvalue weighted by Gasteiger charge is -2.04. The number of benzene rings is 1. The molecule has 1 N–H and O–H groups in total. The molecule has 1 aliphatic carbocycles. The number of nitro groups is 1. The van der Waals surface area contributed by atoms with Crippen LogP contribution in [0.2, 0.25) is 0 Å². The number of anilines is 1. The number of aryl methyl sites for hydroxylation is 1. The molecule has 1 heterocycles. The molecule has 0 radical (unpaired) electrons. The predicted molar refractivity (Wildman–Crippen MR) is 80.7 cm³/mol. The first-order valence-electron chi connectivity index (χ1n) is 7.12. The number of hydrogen-bond donors (Lipinski definition) is 1. The molecular formula is C15H16N4O3. The number of rotatable bonds is 5. The fourth-order valence-electron chi connectivity index (χ4n) is 2.30. The smallest absolute Gasteiger partial charge is 0.272 e. The molecule has 1 saturated carbocycles. The average molecular weight is 300 g/mol. The molecule has 3 rings (SSSR count). The summed E-state index contributed by atoms with van der Waals surface area (Å²) in [5, 5.41) is 17.8. The van der Waals surface area contributed by atoms with Crippen LogP contribution in [0, 0.1) is 23.0 Å². The third-order valence-electron chi connectivity index (χ3n) is 3.69. The zero-order valence-electron chi connectivity index (χ0n) is 12.2. The van der Waals surface area contributed by atoms with Crippen LogP contribution >= 0.6 is 0 Å². The molecule has 7 heteroatoms. The number of carbonyl (C=O) groups excluding carboxylic acids is 1. The predicted octanol–water partition coefficient (Wildman–Crippen LogP) is 2.76. The summed E-state index contributed by atoms with van der Waals surface area (Å²) in [5.74, 6) is 0.407. The van der Waals surface area contributed by atoms with E-state index in [1.54, 1.807) is 19.3 Å². The van der Waals surface area contributed by atoms with Crippen molar-refractivity contribution in [2.45, 2.75) is 26.3 Å². The molecule has 0 aliphatic heterocycles. The fourth-order valence-corrected chi connectivity index (χ4v) is 2.30. The highest BCUT2D eigenvalue weighted by atomic mass is 16.6. The Morgan fingerprint density at radius 3 is 2.91 bits per heavy atom. The second-order valence-corrected chi connectivity index (χ2v) is 5.61. The van der Waals surface area contributed by atoms with E-state index in [2.05, 4.69) is 10.4 Å². The second-order valence-electron chi connectivity index (χ2n) is 5.61. The van der Waals surface area contributed by atoms with Crippen molar-refractivity contribution in [1.82, 2.24) is 9.78 Å². The first-order valence-corrected chi connectivity index (χ1v) is 7.12. The maximum atomic E-state index is 12.2. The third kappa shape index (κ3) is 3.13. The number of nitro benzene ring substituents is 1. The molecule has 0 unspecified atom stereocenters. The van der Waals surface area contributed by atoms with E-state index in [1.807, 2.05) is 4.68 Å². The van der Waals surface area contributed by atoms with E-state index in [1.165, 1.54) is 31.0 Å². The maximum absolute atomic E-state index is 12.2. The topological polar surface area (TPSA) is 90.1 Å². The van der Waals surface area contributed by atoms with Crippen LogP contribution in [-0.4, -0.2) is 20.6 Å². The van der Waals surface area contributed by atoms with Crippen molar-refractivity contribution in [3.05, 3.63) is 51.8 Å². The van der Waals surface area contributed by atoms with Crippen LogP contribution in [0.15, 0.2) is 30.6 Å². The minimum atomic E-state index is -0.459. The molecule has 0 spiro atoms. The van der Waals surface area contributed by atoms with Crippen LogP contribution in [0.4, 0.5) is 11.4 Å². The van der Waals surface area contributed by atoms with Gasteiger partial charge in [-0.1, -0.05) is 0 Å². The second kappa shape index (κ2) is 5.59. The number of carbonyl (C=O) groups is 1. The van der Waals surface area contributed by atoms with Gasteiger partial charge in [-0.15, -0.1) is 0 Å². The quantitative estimate of drug-likeness (QED) is 0.679. The minimum absolute atomic E-state index is 0.00815. The van der Waals surface area contributed by atoms with Gasteiger partial charge in [0.25, 0.3) is 11.6 Å². The highest BCUT2D eigenvalue weighted by molar-refractivity contribution is 6.04. The van der Waals surface area contributed by atoms with Crippen LogP contribution in [0.5, 0.6) is 0 Å². The van der Waals surface area contributed by atoms with Gasteiger partial charge in [0.15, 0.2) is 0 Å². The van der Waals surface area contributed by atoms with Gasteiger partial charge in [0.2, 0.25) is 0 Å². The van der Waals surface area contributed by atoms with Crippen LogP contribution < -0.4 is 5.32 Å². The lowest BCUT2D eigenvalue weighted by molar-refractivity contribution is -0.385. The van der Waals surface area contributed by atoms with Crippen LogP contribution in [0.3, 0.4) is 0 Å². The van der Waals surface area contributed by atoms with Crippen molar-refractivity contribution in [2.75, 3.05) is 5.32 Å². The van der Waals surface area contributed by atoms with Crippen molar-refractivity contribution in [1.29, 1.82) is 0 Å². The number of aromatic nitrogens is 2. The first-order chi connectivity index (χ1) is 10.5. The Morgan fingerprint density at radius 1 is 1.50 bits per heavy atom. The molecule has 2 aromatic rings. The van der Waals surface area contributed by atoms with Gasteiger partial charge in [0, 0.05) is 29.9 Å². The Kier molecular flexibility index (Phi) is 3.62. The van der Waals surface area contributed by atoms with Gasteiger partial charge in [0.1, 0.15) is 0 Å². The summed E-state index contributed by atoms with van der Waals surface area (Å²) in [5.41, 5.74) is 1.48. The summed E-state index contributed by atoms with van der Waals surface area (Å²) in [6, 6.07) is 4.32. The van der Waals surface area contributed by atoms with E-state index in [0.717, 1.165) is 6.54 Å². The van der Waals surface area contributed by atoms with Crippen molar-refractivity contribution in [2.24, 2.45) is 5.92 Å². The van der Waals surface area contributed by atoms with E-state index in [9.17, 15) is 14.9 Å². The molecule has 22 heavy (non-hydrogen) atoms. The van der Waals surface area contributed by atoms with Crippen molar-refractivity contribution in [3.63, 3.8) is 0 Å². The summed E-state index contributed by atoms with van der Waals surface area (Å²) in [6.45, 7) is 2.50. The van der Waals surface area contributed by atoms with Gasteiger partial charge < -0.3 is 5.32 Å². The van der Waals surface area contributed by atoms with E-state index in [4.69, 9.17) is 0 Å². The SMILES string of the molecule is Cc1cc(C(=O)Nc2cnn(CC3CC3)c2)ccc1[N+](=O)[O-]. The van der Waals surface area contributed by atoms with E-state index < -0.39 is 4.92 Å². The normalized spacial score (nSPS) is 13.9. The van der Waals surface area contributed by atoms with Gasteiger partial charge in [-0.05, 0) is 37.8 Å². The number of hydrogen-bond acceptors (Lipinski definition) is 4. The molecule has 0 atom stereocenters. The largest absolute Gasteiger partial charge is 0.319 e. The fraction of sp³-hybridized carbons (Fsp3) is 0.333. The van der Waals surface area contributed by atoms with Crippen LogP contribution in [0.1, 0.15) is 28.8 Å². The van der Waals surface area contributed by atoms with Crippen molar-refractivity contribution >= 4 is 17.3 Å². The van der Waals surface area contributed by atoms with Crippen LogP contribution in [-0.2, 0) is 6.54 Å². The van der Waals surface area contributed by atoms with E-state index >= 15 is 0 Å². The van der Waals surface area contributed by atoms with Gasteiger partial charge in [-0.3, -0.25) is 19.6 Å². The van der Waals surface area contributed by atoms with E-state index in [0.29, 0.717) is 22.7 Å². The zero-order chi connectivity index (χ0) is 15.7. The Morgan fingerprint density at radius 2 is 2.27 bits per heavy atom. The Labute approximate surface area is 127 Å². The third-order valence-corrected chi connectivity index (χ3v) is 3.69. The Balaban J connectivity index is 1.69. The molecule has 1 aromatic carbocycles. The molecule has 0 bridgehead atoms. The summed E-state index contributed by atoms with van der Waals surface area (Å²) in [4.78, 5) is 22.5. The Hall–Kier alpha value is -2.70. The summed E-state index contributed by atoms with van der Waals surface area (Å²) >= 11 is 0. The molecule has 0 saturated heterocycles. The van der Waals surface area contributed by atoms with Gasteiger partial charge in [-0.2, -0.15) is 5.10 Å². The molecule has 1 aromatic heterocycles. The van der Waals surface area contributed by atoms with Gasteiger partial charge >= 0.3 is 0 Å². The minimum Gasteiger partial charge on any atom is -0.319 e. The number of nitrogens with zero attached hydrogens (tertiary/aromatic N) is 3. The Bertz CT molecular complexity index is 734. The number of amides is 1. The lowest BCUT2D eigenvalue weighted by atomic mass is 10.1. The molecule has 1 fully saturated rings. The van der Waals surface area contributed by atoms with Crippen molar-refractivity contribution < 1.29 is 9.72 Å². The summed E-state index contributed by atoms with van der Waals surface area (Å²) in [6.07, 6.45) is 5.89. The summed E-state index contributed by atoms with van der Waals surface area (Å²) < 4.78 is 1.83. The highest BCUT2D eigenvalue weighted by Crippen LogP contribution is 2.30. The van der Waals surface area contributed by atoms with Gasteiger partial charge in [-0.25, -0.2) is 0 Å². The maximum Gasteiger partial charge on any atom is 0.272 e. The van der Waals surface area contributed by atoms with Crippen molar-refractivity contribution in [3.8, 4) is 0 Å². The van der Waals surface area contributed by atoms with Crippen LogP contribution in [0.25, 0.3) is 0 Å².